The highest BCUT2D eigenvalue weighted by molar-refractivity contribution is 7.99. The van der Waals surface area contributed by atoms with Gasteiger partial charge in [0.2, 0.25) is 5.91 Å². The second kappa shape index (κ2) is 5.03. The molecule has 2 fully saturated rings. The first-order valence-electron chi connectivity index (χ1n) is 5.50. The highest BCUT2D eigenvalue weighted by Crippen LogP contribution is 2.28. The summed E-state index contributed by atoms with van der Waals surface area (Å²) in [5.74, 6) is 1.52. The maximum absolute atomic E-state index is 11.8. The first-order valence-corrected chi connectivity index (χ1v) is 6.54. The molecule has 0 aromatic heterocycles. The van der Waals surface area contributed by atoms with Crippen LogP contribution in [0.4, 0.5) is 0 Å². The maximum Gasteiger partial charge on any atom is 0.237 e. The Morgan fingerprint density at radius 3 is 3.07 bits per heavy atom. The van der Waals surface area contributed by atoms with Crippen LogP contribution in [-0.2, 0) is 4.79 Å². The third-order valence-corrected chi connectivity index (χ3v) is 4.25. The molecule has 0 saturated carbocycles. The van der Waals surface area contributed by atoms with Crippen LogP contribution in [0.1, 0.15) is 25.7 Å². The monoisotopic (exact) mass is 214 g/mol. The highest BCUT2D eigenvalue weighted by atomic mass is 32.2. The minimum Gasteiger partial charge on any atom is -0.330 e. The molecule has 0 aliphatic carbocycles. The quantitative estimate of drug-likeness (QED) is 0.708. The number of hydrogen-bond acceptors (Lipinski definition) is 3. The van der Waals surface area contributed by atoms with Crippen LogP contribution < -0.4 is 5.32 Å². The van der Waals surface area contributed by atoms with E-state index in [4.69, 9.17) is 0 Å². The Labute approximate surface area is 89.6 Å². The van der Waals surface area contributed by atoms with Gasteiger partial charge < -0.3 is 10.2 Å². The second-order valence-corrected chi connectivity index (χ2v) is 5.22. The second-order valence-electron chi connectivity index (χ2n) is 3.94. The molecule has 0 bridgehead atoms. The molecule has 80 valence electrons. The number of amides is 1. The third kappa shape index (κ3) is 2.42. The zero-order valence-electron chi connectivity index (χ0n) is 8.50. The average molecular weight is 214 g/mol. The molecule has 0 radical (unpaired) electrons. The van der Waals surface area contributed by atoms with Crippen LogP contribution in [0, 0.1) is 0 Å². The van der Waals surface area contributed by atoms with E-state index in [1.165, 1.54) is 25.0 Å². The van der Waals surface area contributed by atoms with Gasteiger partial charge in [-0.15, -0.1) is 11.8 Å². The molecular weight excluding hydrogens is 196 g/mol. The van der Waals surface area contributed by atoms with Crippen molar-refractivity contribution < 1.29 is 4.79 Å². The molecule has 2 aliphatic rings. The molecule has 1 amide bonds. The molecule has 1 atom stereocenters. The third-order valence-electron chi connectivity index (χ3n) is 2.85. The van der Waals surface area contributed by atoms with E-state index in [1.54, 1.807) is 0 Å². The zero-order valence-corrected chi connectivity index (χ0v) is 9.31. The van der Waals surface area contributed by atoms with Gasteiger partial charge in [-0.05, 0) is 38.0 Å². The zero-order chi connectivity index (χ0) is 9.80. The fourth-order valence-corrected chi connectivity index (χ4v) is 3.45. The Balaban J connectivity index is 1.95. The molecule has 1 N–H and O–H groups in total. The van der Waals surface area contributed by atoms with Gasteiger partial charge in [0.15, 0.2) is 0 Å². The van der Waals surface area contributed by atoms with Crippen molar-refractivity contribution in [3.8, 4) is 0 Å². The Kier molecular flexibility index (Phi) is 3.70. The van der Waals surface area contributed by atoms with E-state index in [-0.39, 0.29) is 0 Å². The number of carbonyl (C=O) groups excluding carboxylic acids is 1. The smallest absolute Gasteiger partial charge is 0.237 e. The van der Waals surface area contributed by atoms with Gasteiger partial charge in [-0.3, -0.25) is 4.79 Å². The molecule has 0 aromatic carbocycles. The molecule has 14 heavy (non-hydrogen) atoms. The van der Waals surface area contributed by atoms with Crippen LogP contribution >= 0.6 is 11.8 Å². The van der Waals surface area contributed by atoms with Crippen molar-refractivity contribution >= 4 is 17.7 Å². The van der Waals surface area contributed by atoms with Crippen molar-refractivity contribution in [1.82, 2.24) is 10.2 Å². The lowest BCUT2D eigenvalue weighted by molar-refractivity contribution is -0.130. The first kappa shape index (κ1) is 10.3. The van der Waals surface area contributed by atoms with Gasteiger partial charge in [0.05, 0.1) is 11.9 Å². The minimum absolute atomic E-state index is 0.293. The average Bonchev–Trinajstić information content (AvgIpc) is 2.44. The molecule has 3 nitrogen and oxygen atoms in total. The van der Waals surface area contributed by atoms with Crippen LogP contribution in [0.15, 0.2) is 0 Å². The van der Waals surface area contributed by atoms with Crippen LogP contribution in [0.3, 0.4) is 0 Å². The molecule has 2 heterocycles. The van der Waals surface area contributed by atoms with Gasteiger partial charge in [-0.2, -0.15) is 0 Å². The van der Waals surface area contributed by atoms with Crippen LogP contribution in [0.25, 0.3) is 0 Å². The Hall–Kier alpha value is -0.220. The van der Waals surface area contributed by atoms with Crippen molar-refractivity contribution in [1.29, 1.82) is 0 Å². The van der Waals surface area contributed by atoms with E-state index in [0.717, 1.165) is 19.5 Å². The summed E-state index contributed by atoms with van der Waals surface area (Å²) in [5.41, 5.74) is 0. The summed E-state index contributed by atoms with van der Waals surface area (Å²) in [6.07, 6.45) is 4.90. The van der Waals surface area contributed by atoms with Gasteiger partial charge in [-0.1, -0.05) is 0 Å². The Morgan fingerprint density at radius 2 is 2.29 bits per heavy atom. The first-order chi connectivity index (χ1) is 6.88. The maximum atomic E-state index is 11.8. The molecule has 2 saturated heterocycles. The van der Waals surface area contributed by atoms with Gasteiger partial charge in [-0.25, -0.2) is 0 Å². The summed E-state index contributed by atoms with van der Waals surface area (Å²) < 4.78 is 0. The van der Waals surface area contributed by atoms with Gasteiger partial charge in [0, 0.05) is 6.54 Å². The number of hydrogen-bond donors (Lipinski definition) is 1. The summed E-state index contributed by atoms with van der Waals surface area (Å²) in [6, 6.07) is 0. The molecule has 0 spiro atoms. The highest BCUT2D eigenvalue weighted by Gasteiger charge is 2.26. The van der Waals surface area contributed by atoms with E-state index < -0.39 is 0 Å². The predicted molar refractivity (Wildman–Crippen MR) is 59.3 cm³/mol. The van der Waals surface area contributed by atoms with Crippen molar-refractivity contribution in [2.75, 3.05) is 25.4 Å². The van der Waals surface area contributed by atoms with Crippen molar-refractivity contribution in [3.63, 3.8) is 0 Å². The lowest BCUT2D eigenvalue weighted by Crippen LogP contribution is -2.42. The summed E-state index contributed by atoms with van der Waals surface area (Å²) in [6.45, 7) is 2.47. The van der Waals surface area contributed by atoms with E-state index >= 15 is 0 Å². The van der Waals surface area contributed by atoms with Crippen LogP contribution in [-0.4, -0.2) is 41.6 Å². The van der Waals surface area contributed by atoms with Crippen LogP contribution in [0.5, 0.6) is 0 Å². The summed E-state index contributed by atoms with van der Waals surface area (Å²) in [4.78, 5) is 13.9. The summed E-state index contributed by atoms with van der Waals surface area (Å²) in [5, 5.41) is 3.63. The van der Waals surface area contributed by atoms with E-state index in [2.05, 4.69) is 10.2 Å². The fraction of sp³-hybridized carbons (Fsp3) is 0.900. The van der Waals surface area contributed by atoms with Gasteiger partial charge >= 0.3 is 0 Å². The summed E-state index contributed by atoms with van der Waals surface area (Å²) in [7, 11) is 0. The van der Waals surface area contributed by atoms with Gasteiger partial charge in [0.1, 0.15) is 0 Å². The fourth-order valence-electron chi connectivity index (χ4n) is 2.07. The lowest BCUT2D eigenvalue weighted by Gasteiger charge is -2.32. The number of carbonyl (C=O) groups is 1. The Bertz CT molecular complexity index is 204. The van der Waals surface area contributed by atoms with E-state index in [0.29, 0.717) is 17.8 Å². The number of thioether (sulfide) groups is 1. The molecular formula is C10H18N2OS. The van der Waals surface area contributed by atoms with Crippen LogP contribution in [0.2, 0.25) is 0 Å². The lowest BCUT2D eigenvalue weighted by atomic mass is 10.2. The largest absolute Gasteiger partial charge is 0.330 e. The standard InChI is InChI=1S/C10H18N2OS/c13-9-8-11-5-3-6-12(9)10-4-1-2-7-14-10/h10-11H,1-8H2. The number of nitrogens with one attached hydrogen (secondary N) is 1. The normalized spacial score (nSPS) is 30.1. The predicted octanol–water partition coefficient (Wildman–Crippen LogP) is 1.05. The van der Waals surface area contributed by atoms with Crippen molar-refractivity contribution in [2.45, 2.75) is 31.1 Å². The SMILES string of the molecule is O=C1CNCCCN1C1CCCCS1. The van der Waals surface area contributed by atoms with E-state index in [1.807, 2.05) is 11.8 Å². The van der Waals surface area contributed by atoms with E-state index in [9.17, 15) is 4.79 Å². The number of rotatable bonds is 1. The molecule has 0 aromatic rings. The van der Waals surface area contributed by atoms with Crippen molar-refractivity contribution in [2.24, 2.45) is 0 Å². The molecule has 1 unspecified atom stereocenters. The number of nitrogens with zero attached hydrogens (tertiary/aromatic N) is 1. The topological polar surface area (TPSA) is 32.3 Å². The summed E-state index contributed by atoms with van der Waals surface area (Å²) >= 11 is 1.96. The van der Waals surface area contributed by atoms with Crippen molar-refractivity contribution in [3.05, 3.63) is 0 Å². The molecule has 2 aliphatic heterocycles. The molecule has 2 rings (SSSR count). The van der Waals surface area contributed by atoms with Gasteiger partial charge in [0.25, 0.3) is 0 Å². The molecule has 4 heteroatoms. The minimum atomic E-state index is 0.293. The Morgan fingerprint density at radius 1 is 1.36 bits per heavy atom.